The van der Waals surface area contributed by atoms with E-state index in [9.17, 15) is 9.18 Å². The molecule has 146 valence electrons. The highest BCUT2D eigenvalue weighted by Crippen LogP contribution is 2.33. The number of halogens is 1. The lowest BCUT2D eigenvalue weighted by molar-refractivity contribution is -0.134. The highest BCUT2D eigenvalue weighted by molar-refractivity contribution is 6.03. The molecule has 1 fully saturated rings. The summed E-state index contributed by atoms with van der Waals surface area (Å²) in [6.07, 6.45) is 2.85. The van der Waals surface area contributed by atoms with E-state index in [0.717, 1.165) is 48.5 Å². The van der Waals surface area contributed by atoms with Gasteiger partial charge in [-0.1, -0.05) is 24.3 Å². The SMILES string of the molecule is COc1cccc(C2=NN(C(=O)CN3CCCC3)C(c3ccc(F)cc3)C2)c1. The number of carbonyl (C=O) groups excluding carboxylic acids is 1. The molecule has 2 heterocycles. The summed E-state index contributed by atoms with van der Waals surface area (Å²) in [5.41, 5.74) is 2.66. The Hall–Kier alpha value is -2.73. The van der Waals surface area contributed by atoms with Crippen LogP contribution in [0.5, 0.6) is 5.75 Å². The molecule has 0 saturated carbocycles. The Balaban J connectivity index is 1.62. The molecule has 6 heteroatoms. The zero-order valence-corrected chi connectivity index (χ0v) is 16.0. The van der Waals surface area contributed by atoms with Crippen LogP contribution in [0.15, 0.2) is 53.6 Å². The first-order valence-electron chi connectivity index (χ1n) is 9.66. The Morgan fingerprint density at radius 3 is 2.64 bits per heavy atom. The van der Waals surface area contributed by atoms with E-state index in [2.05, 4.69) is 10.0 Å². The molecule has 1 unspecified atom stereocenters. The van der Waals surface area contributed by atoms with Crippen LogP contribution >= 0.6 is 0 Å². The number of likely N-dealkylation sites (tertiary alicyclic amines) is 1. The van der Waals surface area contributed by atoms with Gasteiger partial charge in [-0.3, -0.25) is 9.69 Å². The van der Waals surface area contributed by atoms with Gasteiger partial charge in [-0.05, 0) is 55.8 Å². The molecule has 2 aromatic carbocycles. The normalized spacial score (nSPS) is 19.7. The summed E-state index contributed by atoms with van der Waals surface area (Å²) in [6, 6.07) is 13.8. The molecule has 0 aromatic heterocycles. The molecule has 5 nitrogen and oxygen atoms in total. The van der Waals surface area contributed by atoms with E-state index in [-0.39, 0.29) is 17.8 Å². The highest BCUT2D eigenvalue weighted by Gasteiger charge is 2.34. The first kappa shape index (κ1) is 18.6. The number of hydrogen-bond donors (Lipinski definition) is 0. The minimum atomic E-state index is -0.286. The lowest BCUT2D eigenvalue weighted by Gasteiger charge is -2.24. The van der Waals surface area contributed by atoms with Crippen LogP contribution in [-0.2, 0) is 4.79 Å². The molecule has 0 bridgehead atoms. The molecular weight excluding hydrogens is 357 g/mol. The van der Waals surface area contributed by atoms with Crippen LogP contribution in [0.4, 0.5) is 4.39 Å². The summed E-state index contributed by atoms with van der Waals surface area (Å²) in [7, 11) is 1.63. The predicted octanol–water partition coefficient (Wildman–Crippen LogP) is 3.61. The van der Waals surface area contributed by atoms with Crippen LogP contribution in [0, 0.1) is 5.82 Å². The van der Waals surface area contributed by atoms with Crippen molar-refractivity contribution in [1.82, 2.24) is 9.91 Å². The van der Waals surface area contributed by atoms with Gasteiger partial charge in [-0.25, -0.2) is 9.40 Å². The van der Waals surface area contributed by atoms with Gasteiger partial charge in [0.1, 0.15) is 11.6 Å². The summed E-state index contributed by atoms with van der Waals surface area (Å²) >= 11 is 0. The van der Waals surface area contributed by atoms with Crippen LogP contribution in [0.1, 0.15) is 36.4 Å². The zero-order valence-electron chi connectivity index (χ0n) is 16.0. The van der Waals surface area contributed by atoms with Crippen LogP contribution in [0.2, 0.25) is 0 Å². The van der Waals surface area contributed by atoms with E-state index in [1.54, 1.807) is 24.3 Å². The number of nitrogens with zero attached hydrogens (tertiary/aromatic N) is 3. The molecule has 1 saturated heterocycles. The molecule has 2 aliphatic rings. The minimum absolute atomic E-state index is 0.0193. The van der Waals surface area contributed by atoms with Crippen LogP contribution in [0.25, 0.3) is 0 Å². The number of methoxy groups -OCH3 is 1. The van der Waals surface area contributed by atoms with Gasteiger partial charge in [0, 0.05) is 12.0 Å². The second kappa shape index (κ2) is 8.10. The van der Waals surface area contributed by atoms with Gasteiger partial charge in [-0.15, -0.1) is 0 Å². The van der Waals surface area contributed by atoms with Crippen molar-refractivity contribution in [2.75, 3.05) is 26.7 Å². The van der Waals surface area contributed by atoms with Gasteiger partial charge in [0.2, 0.25) is 0 Å². The molecule has 2 aliphatic heterocycles. The number of amides is 1. The zero-order chi connectivity index (χ0) is 19.5. The number of rotatable bonds is 5. The van der Waals surface area contributed by atoms with E-state index in [1.807, 2.05) is 24.3 Å². The van der Waals surface area contributed by atoms with Crippen molar-refractivity contribution in [3.05, 3.63) is 65.5 Å². The fraction of sp³-hybridized carbons (Fsp3) is 0.364. The van der Waals surface area contributed by atoms with E-state index in [1.165, 1.54) is 12.1 Å². The van der Waals surface area contributed by atoms with Crippen molar-refractivity contribution in [2.24, 2.45) is 5.10 Å². The smallest absolute Gasteiger partial charge is 0.257 e. The Morgan fingerprint density at radius 1 is 1.18 bits per heavy atom. The van der Waals surface area contributed by atoms with Crippen LogP contribution in [-0.4, -0.2) is 48.3 Å². The third kappa shape index (κ3) is 3.92. The third-order valence-corrected chi connectivity index (χ3v) is 5.38. The van der Waals surface area contributed by atoms with E-state index in [4.69, 9.17) is 4.74 Å². The fourth-order valence-electron chi connectivity index (χ4n) is 3.87. The Morgan fingerprint density at radius 2 is 1.93 bits per heavy atom. The Kier molecular flexibility index (Phi) is 5.39. The van der Waals surface area contributed by atoms with Crippen molar-refractivity contribution in [1.29, 1.82) is 0 Å². The number of hydrogen-bond acceptors (Lipinski definition) is 4. The third-order valence-electron chi connectivity index (χ3n) is 5.38. The van der Waals surface area contributed by atoms with Gasteiger partial charge in [-0.2, -0.15) is 5.10 Å². The van der Waals surface area contributed by atoms with Gasteiger partial charge >= 0.3 is 0 Å². The summed E-state index contributed by atoms with van der Waals surface area (Å²) < 4.78 is 18.7. The lowest BCUT2D eigenvalue weighted by atomic mass is 9.98. The van der Waals surface area contributed by atoms with Gasteiger partial charge in [0.15, 0.2) is 0 Å². The van der Waals surface area contributed by atoms with Gasteiger partial charge in [0.25, 0.3) is 5.91 Å². The molecule has 0 radical (unpaired) electrons. The summed E-state index contributed by atoms with van der Waals surface area (Å²) in [5, 5.41) is 6.26. The van der Waals surface area contributed by atoms with E-state index >= 15 is 0 Å². The Labute approximate surface area is 164 Å². The molecule has 1 atom stereocenters. The molecule has 0 N–H and O–H groups in total. The first-order chi connectivity index (χ1) is 13.6. The molecule has 4 rings (SSSR count). The quantitative estimate of drug-likeness (QED) is 0.795. The first-order valence-corrected chi connectivity index (χ1v) is 9.66. The maximum Gasteiger partial charge on any atom is 0.257 e. The largest absolute Gasteiger partial charge is 0.497 e. The number of ether oxygens (including phenoxy) is 1. The standard InChI is InChI=1S/C22H24FN3O2/c1-28-19-6-4-5-17(13-19)20-14-21(16-7-9-18(23)10-8-16)26(24-20)22(27)15-25-11-2-3-12-25/h4-10,13,21H,2-3,11-12,14-15H2,1H3. The number of hydrazone groups is 1. The second-order valence-corrected chi connectivity index (χ2v) is 7.27. The van der Waals surface area contributed by atoms with Crippen LogP contribution < -0.4 is 4.74 Å². The maximum atomic E-state index is 13.4. The van der Waals surface area contributed by atoms with Crippen LogP contribution in [0.3, 0.4) is 0 Å². The van der Waals surface area contributed by atoms with Crippen molar-refractivity contribution >= 4 is 11.6 Å². The fourth-order valence-corrected chi connectivity index (χ4v) is 3.87. The molecular formula is C22H24FN3O2. The molecule has 0 aliphatic carbocycles. The maximum absolute atomic E-state index is 13.4. The number of benzene rings is 2. The average Bonchev–Trinajstić information content (AvgIpc) is 3.38. The summed E-state index contributed by atoms with van der Waals surface area (Å²) in [4.78, 5) is 15.2. The lowest BCUT2D eigenvalue weighted by Crippen LogP contribution is -2.36. The van der Waals surface area contributed by atoms with E-state index in [0.29, 0.717) is 13.0 Å². The predicted molar refractivity (Wildman–Crippen MR) is 106 cm³/mol. The van der Waals surface area contributed by atoms with Crippen molar-refractivity contribution < 1.29 is 13.9 Å². The number of carbonyl (C=O) groups is 1. The van der Waals surface area contributed by atoms with Crippen molar-refractivity contribution in [3.8, 4) is 5.75 Å². The van der Waals surface area contributed by atoms with E-state index < -0.39 is 0 Å². The minimum Gasteiger partial charge on any atom is -0.497 e. The summed E-state index contributed by atoms with van der Waals surface area (Å²) in [6.45, 7) is 2.27. The van der Waals surface area contributed by atoms with Crippen molar-refractivity contribution in [2.45, 2.75) is 25.3 Å². The molecule has 0 spiro atoms. The average molecular weight is 381 g/mol. The second-order valence-electron chi connectivity index (χ2n) is 7.27. The molecule has 1 amide bonds. The Bertz CT molecular complexity index is 876. The molecule has 2 aromatic rings. The monoisotopic (exact) mass is 381 g/mol. The van der Waals surface area contributed by atoms with Crippen molar-refractivity contribution in [3.63, 3.8) is 0 Å². The van der Waals surface area contributed by atoms with Gasteiger partial charge in [0.05, 0.1) is 25.4 Å². The van der Waals surface area contributed by atoms with Gasteiger partial charge < -0.3 is 4.74 Å². The highest BCUT2D eigenvalue weighted by atomic mass is 19.1. The topological polar surface area (TPSA) is 45.1 Å². The summed E-state index contributed by atoms with van der Waals surface area (Å²) in [5.74, 6) is 0.445. The molecule has 28 heavy (non-hydrogen) atoms.